The van der Waals surface area contributed by atoms with Crippen molar-refractivity contribution in [3.05, 3.63) is 65.2 Å². The summed E-state index contributed by atoms with van der Waals surface area (Å²) in [5, 5.41) is 6.77. The predicted molar refractivity (Wildman–Crippen MR) is 141 cm³/mol. The molecule has 174 valence electrons. The quantitative estimate of drug-likeness (QED) is 0.283. The number of ether oxygens (including phenoxy) is 1. The molecule has 1 aliphatic rings. The van der Waals surface area contributed by atoms with E-state index in [-0.39, 0.29) is 35.3 Å². The molecule has 2 N–H and O–H groups in total. The Morgan fingerprint density at radius 2 is 1.88 bits per heavy atom. The lowest BCUT2D eigenvalue weighted by atomic mass is 9.95. The maximum atomic E-state index is 12.2. The summed E-state index contributed by atoms with van der Waals surface area (Å²) in [5.74, 6) is 1.79. The minimum absolute atomic E-state index is 0. The first kappa shape index (κ1) is 26.0. The van der Waals surface area contributed by atoms with E-state index in [9.17, 15) is 4.79 Å². The molecule has 0 radical (unpaired) electrons. The second kappa shape index (κ2) is 12.1. The Morgan fingerprint density at radius 1 is 1.12 bits per heavy atom. The van der Waals surface area contributed by atoms with Gasteiger partial charge in [0, 0.05) is 43.7 Å². The van der Waals surface area contributed by atoms with Crippen LogP contribution in [0.1, 0.15) is 41.3 Å². The van der Waals surface area contributed by atoms with E-state index in [1.54, 1.807) is 26.1 Å². The second-order valence-corrected chi connectivity index (χ2v) is 8.25. The molecule has 1 aliphatic carbocycles. The summed E-state index contributed by atoms with van der Waals surface area (Å²) in [5.41, 5.74) is 3.18. The van der Waals surface area contributed by atoms with Crippen molar-refractivity contribution in [1.29, 1.82) is 0 Å². The fourth-order valence-corrected chi connectivity index (χ4v) is 3.76. The highest BCUT2D eigenvalue weighted by Gasteiger charge is 2.46. The summed E-state index contributed by atoms with van der Waals surface area (Å²) in [6.45, 7) is 4.35. The molecule has 0 spiro atoms. The van der Waals surface area contributed by atoms with E-state index >= 15 is 0 Å². The number of para-hydroxylation sites is 1. The van der Waals surface area contributed by atoms with Crippen LogP contribution in [0.15, 0.2) is 53.5 Å². The number of methoxy groups -OCH3 is 1. The lowest BCUT2D eigenvalue weighted by molar-refractivity contribution is 0.0827. The van der Waals surface area contributed by atoms with E-state index in [1.807, 2.05) is 30.3 Å². The van der Waals surface area contributed by atoms with Crippen LogP contribution in [0.5, 0.6) is 5.75 Å². The molecule has 7 heteroatoms. The van der Waals surface area contributed by atoms with Crippen molar-refractivity contribution < 1.29 is 9.53 Å². The molecule has 0 aromatic heterocycles. The highest BCUT2D eigenvalue weighted by molar-refractivity contribution is 14.0. The van der Waals surface area contributed by atoms with Gasteiger partial charge in [0.05, 0.1) is 13.7 Å². The number of hydrogen-bond donors (Lipinski definition) is 2. The number of guanidine groups is 1. The van der Waals surface area contributed by atoms with Crippen molar-refractivity contribution in [2.75, 3.05) is 40.8 Å². The molecule has 6 nitrogen and oxygen atoms in total. The molecule has 1 amide bonds. The molecule has 0 aliphatic heterocycles. The van der Waals surface area contributed by atoms with Crippen molar-refractivity contribution in [3.8, 4) is 5.75 Å². The monoisotopic (exact) mass is 550 g/mol. The van der Waals surface area contributed by atoms with Crippen LogP contribution in [0.3, 0.4) is 0 Å². The first-order chi connectivity index (χ1) is 15.0. The average molecular weight is 550 g/mol. The van der Waals surface area contributed by atoms with Gasteiger partial charge in [0.1, 0.15) is 5.75 Å². The molecule has 32 heavy (non-hydrogen) atoms. The molecule has 0 heterocycles. The van der Waals surface area contributed by atoms with Gasteiger partial charge in [-0.2, -0.15) is 0 Å². The average Bonchev–Trinajstić information content (AvgIpc) is 3.58. The van der Waals surface area contributed by atoms with Gasteiger partial charge in [0.15, 0.2) is 5.96 Å². The number of nitrogens with zero attached hydrogens (tertiary/aromatic N) is 2. The Labute approximate surface area is 208 Å². The van der Waals surface area contributed by atoms with Gasteiger partial charge in [0.25, 0.3) is 5.91 Å². The first-order valence-electron chi connectivity index (χ1n) is 11.0. The standard InChI is InChI=1S/C25H34N4O2.HI/c1-5-26-24(27-16-13-19-9-8-10-20(17-19)23(30)29(2)3)28-18-25(14-15-25)21-11-6-7-12-22(21)31-4;/h6-12,17H,5,13-16,18H2,1-4H3,(H2,26,27,28);1H. The third-order valence-corrected chi connectivity index (χ3v) is 5.70. The van der Waals surface area contributed by atoms with Gasteiger partial charge in [-0.3, -0.25) is 9.79 Å². The second-order valence-electron chi connectivity index (χ2n) is 8.25. The lowest BCUT2D eigenvalue weighted by Gasteiger charge is -2.18. The molecule has 0 bridgehead atoms. The van der Waals surface area contributed by atoms with E-state index in [0.717, 1.165) is 61.7 Å². The van der Waals surface area contributed by atoms with Crippen LogP contribution < -0.4 is 15.4 Å². The smallest absolute Gasteiger partial charge is 0.253 e. The number of carbonyl (C=O) groups is 1. The minimum atomic E-state index is 0. The van der Waals surface area contributed by atoms with Crippen molar-refractivity contribution in [1.82, 2.24) is 15.5 Å². The summed E-state index contributed by atoms with van der Waals surface area (Å²) in [6, 6.07) is 16.1. The van der Waals surface area contributed by atoms with E-state index in [1.165, 1.54) is 5.56 Å². The van der Waals surface area contributed by atoms with Crippen LogP contribution in [-0.4, -0.2) is 57.6 Å². The zero-order valence-corrected chi connectivity index (χ0v) is 21.8. The number of rotatable bonds is 9. The number of amides is 1. The first-order valence-corrected chi connectivity index (χ1v) is 11.0. The summed E-state index contributed by atoms with van der Waals surface area (Å²) in [4.78, 5) is 18.7. The van der Waals surface area contributed by atoms with Crippen LogP contribution in [0.25, 0.3) is 0 Å². The van der Waals surface area contributed by atoms with Crippen LogP contribution in [0.2, 0.25) is 0 Å². The maximum absolute atomic E-state index is 12.2. The van der Waals surface area contributed by atoms with Gasteiger partial charge in [-0.25, -0.2) is 0 Å². The summed E-state index contributed by atoms with van der Waals surface area (Å²) in [7, 11) is 5.27. The van der Waals surface area contributed by atoms with Gasteiger partial charge in [0.2, 0.25) is 0 Å². The van der Waals surface area contributed by atoms with E-state index in [4.69, 9.17) is 9.73 Å². The van der Waals surface area contributed by atoms with Crippen LogP contribution >= 0.6 is 24.0 Å². The van der Waals surface area contributed by atoms with Crippen molar-refractivity contribution in [3.63, 3.8) is 0 Å². The Hall–Kier alpha value is -2.29. The Balaban J connectivity index is 0.00000363. The maximum Gasteiger partial charge on any atom is 0.253 e. The van der Waals surface area contributed by atoms with Crippen LogP contribution in [-0.2, 0) is 11.8 Å². The lowest BCUT2D eigenvalue weighted by Crippen LogP contribution is -2.39. The van der Waals surface area contributed by atoms with Crippen molar-refractivity contribution >= 4 is 35.8 Å². The third-order valence-electron chi connectivity index (χ3n) is 5.70. The zero-order valence-electron chi connectivity index (χ0n) is 19.5. The number of carbonyl (C=O) groups excluding carboxylic acids is 1. The van der Waals surface area contributed by atoms with Gasteiger partial charge in [-0.1, -0.05) is 30.3 Å². The van der Waals surface area contributed by atoms with Gasteiger partial charge >= 0.3 is 0 Å². The number of aliphatic imine (C=N–C) groups is 1. The summed E-state index contributed by atoms with van der Waals surface area (Å²) in [6.07, 6.45) is 3.07. The molecule has 0 atom stereocenters. The summed E-state index contributed by atoms with van der Waals surface area (Å²) >= 11 is 0. The number of nitrogens with one attached hydrogen (secondary N) is 2. The van der Waals surface area contributed by atoms with E-state index in [2.05, 4.69) is 35.8 Å². The number of hydrogen-bond acceptors (Lipinski definition) is 3. The molecule has 2 aromatic carbocycles. The van der Waals surface area contributed by atoms with Gasteiger partial charge in [-0.05, 0) is 49.9 Å². The SMILES string of the molecule is CCNC(=NCC1(c2ccccc2OC)CC1)NCCc1cccc(C(=O)N(C)C)c1.I. The largest absolute Gasteiger partial charge is 0.496 e. The normalized spacial score (nSPS) is 14.2. The van der Waals surface area contributed by atoms with E-state index < -0.39 is 0 Å². The molecule has 1 saturated carbocycles. The van der Waals surface area contributed by atoms with Crippen LogP contribution in [0, 0.1) is 0 Å². The number of halogens is 1. The molecular weight excluding hydrogens is 515 g/mol. The van der Waals surface area contributed by atoms with Crippen LogP contribution in [0.4, 0.5) is 0 Å². The van der Waals surface area contributed by atoms with Gasteiger partial charge in [-0.15, -0.1) is 24.0 Å². The molecule has 2 aromatic rings. The fourth-order valence-electron chi connectivity index (χ4n) is 3.76. The highest BCUT2D eigenvalue weighted by atomic mass is 127. The molecule has 3 rings (SSSR count). The van der Waals surface area contributed by atoms with Gasteiger partial charge < -0.3 is 20.3 Å². The molecular formula is C25H35IN4O2. The topological polar surface area (TPSA) is 66.0 Å². The molecule has 0 unspecified atom stereocenters. The molecule has 0 saturated heterocycles. The Kier molecular flexibility index (Phi) is 9.81. The summed E-state index contributed by atoms with van der Waals surface area (Å²) < 4.78 is 5.57. The fraction of sp³-hybridized carbons (Fsp3) is 0.440. The predicted octanol–water partition coefficient (Wildman–Crippen LogP) is 3.84. The number of benzene rings is 2. The third kappa shape index (κ3) is 6.60. The van der Waals surface area contributed by atoms with Crippen molar-refractivity contribution in [2.45, 2.75) is 31.6 Å². The Morgan fingerprint density at radius 3 is 2.53 bits per heavy atom. The minimum Gasteiger partial charge on any atom is -0.496 e. The molecule has 1 fully saturated rings. The Bertz CT molecular complexity index is 926. The van der Waals surface area contributed by atoms with E-state index in [0.29, 0.717) is 0 Å². The zero-order chi connectivity index (χ0) is 22.3. The van der Waals surface area contributed by atoms with Crippen molar-refractivity contribution in [2.24, 2.45) is 4.99 Å². The highest BCUT2D eigenvalue weighted by Crippen LogP contribution is 2.51.